The third-order valence-electron chi connectivity index (χ3n) is 6.58. The Labute approximate surface area is 218 Å². The van der Waals surface area contributed by atoms with Crippen LogP contribution in [-0.2, 0) is 27.1 Å². The minimum atomic E-state index is -1.10. The van der Waals surface area contributed by atoms with E-state index in [-0.39, 0.29) is 5.56 Å². The Hall–Kier alpha value is -3.98. The Kier molecular flexibility index (Phi) is 6.80. The summed E-state index contributed by atoms with van der Waals surface area (Å²) in [4.78, 5) is 47.6. The van der Waals surface area contributed by atoms with E-state index < -0.39 is 23.9 Å². The molecule has 0 spiro atoms. The second-order valence-electron chi connectivity index (χ2n) is 9.23. The van der Waals surface area contributed by atoms with Crippen molar-refractivity contribution in [2.45, 2.75) is 39.2 Å². The van der Waals surface area contributed by atoms with Crippen molar-refractivity contribution in [3.63, 3.8) is 0 Å². The highest BCUT2D eigenvalue weighted by Crippen LogP contribution is 2.40. The highest BCUT2D eigenvalue weighted by Gasteiger charge is 2.30. The van der Waals surface area contributed by atoms with Crippen LogP contribution in [0.4, 0.5) is 5.00 Å². The standard InChI is InChI=1S/C28H27N3O5S/c1-15-12-13-19-22(14-15)37-26(23(19)28(34)35-3)31-25(32)16(2)36-27(33)18-9-5-4-8-17(18)24-29-20-10-6-7-11-21(20)30-24/h4-11,15-16H,12-14H2,1-3H3,(H,29,30)(H,31,32). The van der Waals surface area contributed by atoms with E-state index >= 15 is 0 Å². The first kappa shape index (κ1) is 24.7. The summed E-state index contributed by atoms with van der Waals surface area (Å²) in [5.74, 6) is -0.608. The van der Waals surface area contributed by atoms with Gasteiger partial charge in [-0.3, -0.25) is 4.79 Å². The fraction of sp³-hybridized carbons (Fsp3) is 0.286. The summed E-state index contributed by atoms with van der Waals surface area (Å²) in [5, 5.41) is 3.23. The number of rotatable bonds is 6. The summed E-state index contributed by atoms with van der Waals surface area (Å²) >= 11 is 1.39. The molecule has 2 atom stereocenters. The molecule has 2 aromatic heterocycles. The minimum Gasteiger partial charge on any atom is -0.465 e. The van der Waals surface area contributed by atoms with Crippen molar-refractivity contribution >= 4 is 45.2 Å². The summed E-state index contributed by atoms with van der Waals surface area (Å²) in [6.07, 6.45) is 1.49. The largest absolute Gasteiger partial charge is 0.465 e. The van der Waals surface area contributed by atoms with E-state index in [1.54, 1.807) is 18.2 Å². The van der Waals surface area contributed by atoms with Crippen molar-refractivity contribution in [2.75, 3.05) is 12.4 Å². The fourth-order valence-corrected chi connectivity index (χ4v) is 6.00. The zero-order valence-electron chi connectivity index (χ0n) is 20.8. The van der Waals surface area contributed by atoms with Crippen molar-refractivity contribution < 1.29 is 23.9 Å². The summed E-state index contributed by atoms with van der Waals surface area (Å²) in [7, 11) is 1.33. The lowest BCUT2D eigenvalue weighted by molar-refractivity contribution is -0.123. The average molecular weight is 518 g/mol. The first-order valence-corrected chi connectivity index (χ1v) is 13.0. The molecule has 190 valence electrons. The first-order valence-electron chi connectivity index (χ1n) is 12.1. The summed E-state index contributed by atoms with van der Waals surface area (Å²) in [6, 6.07) is 14.5. The predicted molar refractivity (Wildman–Crippen MR) is 142 cm³/mol. The van der Waals surface area contributed by atoms with E-state index in [9.17, 15) is 14.4 Å². The molecule has 37 heavy (non-hydrogen) atoms. The lowest BCUT2D eigenvalue weighted by Gasteiger charge is -2.18. The van der Waals surface area contributed by atoms with Gasteiger partial charge >= 0.3 is 11.9 Å². The molecule has 2 heterocycles. The number of aromatic nitrogens is 2. The number of ether oxygens (including phenoxy) is 2. The number of hydrogen-bond donors (Lipinski definition) is 2. The SMILES string of the molecule is COC(=O)c1c(NC(=O)C(C)OC(=O)c2ccccc2-c2nc3ccccc3[nH]2)sc2c1CCC(C)C2. The Bertz CT molecular complexity index is 1470. The van der Waals surface area contributed by atoms with Crippen molar-refractivity contribution in [3.05, 3.63) is 70.1 Å². The van der Waals surface area contributed by atoms with Gasteiger partial charge in [0.25, 0.3) is 5.91 Å². The number of imidazole rings is 1. The lowest BCUT2D eigenvalue weighted by Crippen LogP contribution is -2.30. The molecule has 2 N–H and O–H groups in total. The van der Waals surface area contributed by atoms with Gasteiger partial charge in [0, 0.05) is 10.4 Å². The van der Waals surface area contributed by atoms with Gasteiger partial charge in [-0.1, -0.05) is 37.3 Å². The number of amides is 1. The normalized spacial score (nSPS) is 15.6. The molecule has 2 unspecified atom stereocenters. The second kappa shape index (κ2) is 10.2. The molecule has 0 saturated heterocycles. The molecule has 0 fully saturated rings. The van der Waals surface area contributed by atoms with E-state index in [1.807, 2.05) is 30.3 Å². The van der Waals surface area contributed by atoms with E-state index in [2.05, 4.69) is 22.2 Å². The number of carbonyl (C=O) groups is 3. The average Bonchev–Trinajstić information content (AvgIpc) is 3.49. The minimum absolute atomic E-state index is 0.289. The molecular weight excluding hydrogens is 490 g/mol. The number of hydrogen-bond acceptors (Lipinski definition) is 7. The van der Waals surface area contributed by atoms with E-state index in [0.717, 1.165) is 40.7 Å². The number of nitrogens with zero attached hydrogens (tertiary/aromatic N) is 1. The molecule has 4 aromatic rings. The van der Waals surface area contributed by atoms with E-state index in [4.69, 9.17) is 9.47 Å². The van der Waals surface area contributed by atoms with Crippen LogP contribution in [0.15, 0.2) is 48.5 Å². The van der Waals surface area contributed by atoms with Gasteiger partial charge < -0.3 is 19.8 Å². The monoisotopic (exact) mass is 517 g/mol. The molecule has 0 aliphatic heterocycles. The van der Waals surface area contributed by atoms with Gasteiger partial charge in [-0.05, 0) is 55.9 Å². The van der Waals surface area contributed by atoms with Gasteiger partial charge in [0.1, 0.15) is 10.8 Å². The molecule has 0 radical (unpaired) electrons. The molecule has 0 saturated carbocycles. The van der Waals surface area contributed by atoms with Gasteiger partial charge in [0.05, 0.1) is 29.3 Å². The smallest absolute Gasteiger partial charge is 0.341 e. The molecule has 1 amide bonds. The highest BCUT2D eigenvalue weighted by molar-refractivity contribution is 7.17. The molecule has 2 aromatic carbocycles. The Morgan fingerprint density at radius 2 is 1.86 bits per heavy atom. The number of benzene rings is 2. The maximum absolute atomic E-state index is 13.1. The summed E-state index contributed by atoms with van der Waals surface area (Å²) in [6.45, 7) is 3.67. The zero-order chi connectivity index (χ0) is 26.1. The van der Waals surface area contributed by atoms with Crippen LogP contribution in [0.3, 0.4) is 0 Å². The van der Waals surface area contributed by atoms with Gasteiger partial charge in [0.15, 0.2) is 6.10 Å². The van der Waals surface area contributed by atoms with Gasteiger partial charge in [-0.15, -0.1) is 11.3 Å². The van der Waals surface area contributed by atoms with Gasteiger partial charge in [0.2, 0.25) is 0 Å². The van der Waals surface area contributed by atoms with Crippen LogP contribution in [0.1, 0.15) is 51.4 Å². The Morgan fingerprint density at radius 3 is 2.65 bits per heavy atom. The molecule has 5 rings (SSSR count). The molecule has 1 aliphatic rings. The van der Waals surface area contributed by atoms with Crippen LogP contribution < -0.4 is 5.32 Å². The third-order valence-corrected chi connectivity index (χ3v) is 7.75. The van der Waals surface area contributed by atoms with Gasteiger partial charge in [-0.25, -0.2) is 14.6 Å². The topological polar surface area (TPSA) is 110 Å². The van der Waals surface area contributed by atoms with Crippen molar-refractivity contribution in [3.8, 4) is 11.4 Å². The summed E-state index contributed by atoms with van der Waals surface area (Å²) < 4.78 is 10.5. The van der Waals surface area contributed by atoms with Crippen LogP contribution >= 0.6 is 11.3 Å². The number of anilines is 1. The zero-order valence-corrected chi connectivity index (χ0v) is 21.6. The predicted octanol–water partition coefficient (Wildman–Crippen LogP) is 5.39. The van der Waals surface area contributed by atoms with Crippen molar-refractivity contribution in [1.82, 2.24) is 9.97 Å². The number of esters is 2. The number of fused-ring (bicyclic) bond motifs is 2. The fourth-order valence-electron chi connectivity index (χ4n) is 4.60. The Balaban J connectivity index is 1.35. The number of nitrogens with one attached hydrogen (secondary N) is 2. The van der Waals surface area contributed by atoms with Crippen LogP contribution in [0, 0.1) is 5.92 Å². The number of carbonyl (C=O) groups excluding carboxylic acids is 3. The summed E-state index contributed by atoms with van der Waals surface area (Å²) in [5.41, 5.74) is 3.83. The molecule has 1 aliphatic carbocycles. The molecule has 0 bridgehead atoms. The number of methoxy groups -OCH3 is 1. The van der Waals surface area contributed by atoms with E-state index in [1.165, 1.54) is 25.4 Å². The maximum atomic E-state index is 13.1. The van der Waals surface area contributed by atoms with E-state index in [0.29, 0.717) is 27.9 Å². The maximum Gasteiger partial charge on any atom is 0.341 e. The third kappa shape index (κ3) is 4.86. The number of thiophene rings is 1. The quantitative estimate of drug-likeness (QED) is 0.332. The van der Waals surface area contributed by atoms with Crippen molar-refractivity contribution in [2.24, 2.45) is 5.92 Å². The molecule has 8 nitrogen and oxygen atoms in total. The highest BCUT2D eigenvalue weighted by atomic mass is 32.1. The molecule has 9 heteroatoms. The number of H-pyrrole nitrogens is 1. The second-order valence-corrected chi connectivity index (χ2v) is 10.3. The van der Waals surface area contributed by atoms with Crippen LogP contribution in [0.25, 0.3) is 22.4 Å². The number of para-hydroxylation sites is 2. The number of aromatic amines is 1. The molecular formula is C28H27N3O5S. The first-order chi connectivity index (χ1) is 17.9. The van der Waals surface area contributed by atoms with Gasteiger partial charge in [-0.2, -0.15) is 0 Å². The van der Waals surface area contributed by atoms with Crippen molar-refractivity contribution in [1.29, 1.82) is 0 Å². The van der Waals surface area contributed by atoms with Crippen LogP contribution in [0.2, 0.25) is 0 Å². The van der Waals surface area contributed by atoms with Crippen LogP contribution in [-0.4, -0.2) is 41.0 Å². The Morgan fingerprint density at radius 1 is 1.11 bits per heavy atom. The lowest BCUT2D eigenvalue weighted by atomic mass is 9.88. The van der Waals surface area contributed by atoms with Crippen LogP contribution in [0.5, 0.6) is 0 Å².